The molecule has 0 radical (unpaired) electrons. The van der Waals surface area contributed by atoms with Crippen LogP contribution < -0.4 is 9.30 Å². The number of aryl methyl sites for hydroxylation is 1. The number of aromatic nitrogens is 4. The van der Waals surface area contributed by atoms with Crippen LogP contribution in [0, 0.1) is 0 Å². The molecule has 8 aromatic carbocycles. The quantitative estimate of drug-likeness (QED) is 0.132. The van der Waals surface area contributed by atoms with Crippen molar-refractivity contribution < 1.29 is 9.30 Å². The zero-order valence-corrected chi connectivity index (χ0v) is 32.2. The lowest BCUT2D eigenvalue weighted by Crippen LogP contribution is -2.32. The zero-order valence-electron chi connectivity index (χ0n) is 32.2. The second-order valence-electron chi connectivity index (χ2n) is 15.6. The number of hydrogen-bond donors (Lipinski definition) is 0. The predicted octanol–water partition coefficient (Wildman–Crippen LogP) is 13.5. The molecule has 5 nitrogen and oxygen atoms in total. The molecule has 0 aliphatic carbocycles. The normalized spacial score (nSPS) is 12.4. The third-order valence-electron chi connectivity index (χ3n) is 12.5. The van der Waals surface area contributed by atoms with Crippen molar-refractivity contribution in [3.63, 3.8) is 0 Å². The fourth-order valence-electron chi connectivity index (χ4n) is 9.91. The Morgan fingerprint density at radius 3 is 2.10 bits per heavy atom. The first kappa shape index (κ1) is 32.3. The Hall–Kier alpha value is -7.76. The van der Waals surface area contributed by atoms with Gasteiger partial charge in [0.25, 0.3) is 0 Å². The highest BCUT2D eigenvalue weighted by Crippen LogP contribution is 2.51. The van der Waals surface area contributed by atoms with E-state index in [1.54, 1.807) is 0 Å². The summed E-state index contributed by atoms with van der Waals surface area (Å²) < 4.78 is 13.9. The van der Waals surface area contributed by atoms with Gasteiger partial charge in [-0.05, 0) is 114 Å². The summed E-state index contributed by atoms with van der Waals surface area (Å²) in [7, 11) is 0. The monoisotopic (exact) mass is 755 g/mol. The van der Waals surface area contributed by atoms with Gasteiger partial charge >= 0.3 is 0 Å². The molecule has 5 heterocycles. The first-order valence-corrected chi connectivity index (χ1v) is 20.3. The fraction of sp³-hybridized carbons (Fsp3) is 0.0370. The summed E-state index contributed by atoms with van der Waals surface area (Å²) in [4.78, 5) is 5.49. The number of fused-ring (bicyclic) bond motifs is 12. The summed E-state index contributed by atoms with van der Waals surface area (Å²) >= 11 is 0. The molecule has 59 heavy (non-hydrogen) atoms. The summed E-state index contributed by atoms with van der Waals surface area (Å²) in [5.41, 5.74) is 12.5. The Morgan fingerprint density at radius 1 is 0.492 bits per heavy atom. The number of pyridine rings is 2. The van der Waals surface area contributed by atoms with Crippen LogP contribution in [0.3, 0.4) is 0 Å². The largest absolute Gasteiger partial charge is 0.456 e. The molecule has 13 rings (SSSR count). The van der Waals surface area contributed by atoms with Crippen LogP contribution in [0.4, 0.5) is 0 Å². The van der Waals surface area contributed by atoms with E-state index in [0.29, 0.717) is 0 Å². The topological polar surface area (TPSA) is 35.9 Å². The van der Waals surface area contributed by atoms with Gasteiger partial charge in [0, 0.05) is 55.0 Å². The van der Waals surface area contributed by atoms with Crippen LogP contribution >= 0.6 is 0 Å². The minimum absolute atomic E-state index is 0.857. The summed E-state index contributed by atoms with van der Waals surface area (Å²) in [6, 6.07) is 63.5. The Balaban J connectivity index is 1.02. The van der Waals surface area contributed by atoms with E-state index >= 15 is 0 Å². The van der Waals surface area contributed by atoms with Crippen LogP contribution in [-0.4, -0.2) is 14.1 Å². The highest BCUT2D eigenvalue weighted by molar-refractivity contribution is 6.26. The van der Waals surface area contributed by atoms with Crippen LogP contribution in [0.2, 0.25) is 0 Å². The van der Waals surface area contributed by atoms with Crippen LogP contribution in [0.15, 0.2) is 182 Å². The number of para-hydroxylation sites is 3. The molecule has 0 atom stereocenters. The molecular weight excluding hydrogens is 721 g/mol. The Kier molecular flexibility index (Phi) is 6.64. The molecule has 0 saturated heterocycles. The second kappa shape index (κ2) is 12.1. The maximum Gasteiger partial charge on any atom is 0.239 e. The highest BCUT2D eigenvalue weighted by atomic mass is 16.5. The Labute approximate surface area is 339 Å². The van der Waals surface area contributed by atoms with E-state index in [2.05, 4.69) is 203 Å². The van der Waals surface area contributed by atoms with Gasteiger partial charge in [-0.25, -0.2) is 4.98 Å². The zero-order chi connectivity index (χ0) is 38.8. The third kappa shape index (κ3) is 4.55. The fourth-order valence-corrected chi connectivity index (χ4v) is 9.91. The first-order valence-electron chi connectivity index (χ1n) is 20.3. The molecule has 0 saturated carbocycles. The molecule has 5 heteroatoms. The number of hydrogen-bond acceptors (Lipinski definition) is 2. The van der Waals surface area contributed by atoms with Crippen LogP contribution in [0.1, 0.15) is 6.92 Å². The van der Waals surface area contributed by atoms with Gasteiger partial charge < -0.3 is 9.30 Å². The Morgan fingerprint density at radius 2 is 1.22 bits per heavy atom. The van der Waals surface area contributed by atoms with Crippen LogP contribution in [0.25, 0.3) is 110 Å². The SMILES string of the molecule is CC[n+]1cccc2ccc3ccc(-n4c5ccccc5c5c6cccc7c6c(cc54)-c4ccc(-c5ccc6c(c5)c5ccccc5n6-c5ccccc5)cc4O7)nc3c21. The van der Waals surface area contributed by atoms with Crippen molar-refractivity contribution in [1.82, 2.24) is 14.1 Å². The van der Waals surface area contributed by atoms with Gasteiger partial charge in [0.15, 0.2) is 6.20 Å². The highest BCUT2D eigenvalue weighted by Gasteiger charge is 2.26. The standard InChI is InChI=1S/C54H35N4O/c1-2-56-29-11-12-34-22-21-33-25-28-50(55-53(33)54(34)56)58-45-19-9-7-16-40(45)51-41-17-10-20-48-52(41)43(32-47(51)58)39-26-23-36(31-49(39)59-48)35-24-27-46-42(30-35)38-15-6-8-18-44(38)57(46)37-13-4-3-5-14-37/h3-32H,2H2,1H3/q+1. The van der Waals surface area contributed by atoms with Crippen LogP contribution in [-0.2, 0) is 6.54 Å². The van der Waals surface area contributed by atoms with Crippen molar-refractivity contribution in [2.24, 2.45) is 0 Å². The molecule has 0 spiro atoms. The maximum absolute atomic E-state index is 6.87. The van der Waals surface area contributed by atoms with E-state index in [1.165, 1.54) is 43.4 Å². The molecule has 0 unspecified atom stereocenters. The Bertz CT molecular complexity index is 3750. The summed E-state index contributed by atoms with van der Waals surface area (Å²) in [5.74, 6) is 2.63. The van der Waals surface area contributed by atoms with Crippen molar-refractivity contribution in [3.05, 3.63) is 182 Å². The molecule has 0 fully saturated rings. The van der Waals surface area contributed by atoms with E-state index in [4.69, 9.17) is 9.72 Å². The van der Waals surface area contributed by atoms with Gasteiger partial charge in [-0.3, -0.25) is 4.57 Å². The van der Waals surface area contributed by atoms with E-state index < -0.39 is 0 Å². The average Bonchev–Trinajstić information content (AvgIpc) is 3.81. The van der Waals surface area contributed by atoms with Gasteiger partial charge in [0.1, 0.15) is 29.4 Å². The van der Waals surface area contributed by atoms with Crippen molar-refractivity contribution >= 4 is 76.2 Å². The minimum atomic E-state index is 0.857. The number of nitrogens with zero attached hydrogens (tertiary/aromatic N) is 4. The number of rotatable bonds is 4. The van der Waals surface area contributed by atoms with Gasteiger partial charge in [0.2, 0.25) is 5.52 Å². The van der Waals surface area contributed by atoms with Gasteiger partial charge in [-0.15, -0.1) is 0 Å². The molecule has 276 valence electrons. The summed E-state index contributed by atoms with van der Waals surface area (Å²) in [6.07, 6.45) is 2.15. The van der Waals surface area contributed by atoms with Crippen molar-refractivity contribution in [2.45, 2.75) is 13.5 Å². The van der Waals surface area contributed by atoms with Crippen molar-refractivity contribution in [1.29, 1.82) is 0 Å². The molecule has 0 amide bonds. The second-order valence-corrected chi connectivity index (χ2v) is 15.6. The van der Waals surface area contributed by atoms with Crippen LogP contribution in [0.5, 0.6) is 11.5 Å². The summed E-state index contributed by atoms with van der Waals surface area (Å²) in [6.45, 7) is 3.06. The van der Waals surface area contributed by atoms with Gasteiger partial charge in [-0.1, -0.05) is 84.9 Å². The lowest BCUT2D eigenvalue weighted by atomic mass is 9.90. The van der Waals surface area contributed by atoms with Crippen molar-refractivity contribution in [2.75, 3.05) is 0 Å². The molecule has 1 aliphatic rings. The lowest BCUT2D eigenvalue weighted by Gasteiger charge is -2.23. The predicted molar refractivity (Wildman–Crippen MR) is 242 cm³/mol. The molecule has 4 aromatic heterocycles. The molecule has 0 bridgehead atoms. The van der Waals surface area contributed by atoms with E-state index in [1.807, 2.05) is 0 Å². The average molecular weight is 756 g/mol. The minimum Gasteiger partial charge on any atom is -0.456 e. The first-order chi connectivity index (χ1) is 29.2. The van der Waals surface area contributed by atoms with E-state index in [0.717, 1.165) is 84.6 Å². The van der Waals surface area contributed by atoms with Crippen molar-refractivity contribution in [3.8, 4) is 45.3 Å². The molecule has 12 aromatic rings. The van der Waals surface area contributed by atoms with Gasteiger partial charge in [0.05, 0.1) is 22.1 Å². The molecule has 0 N–H and O–H groups in total. The molecule has 1 aliphatic heterocycles. The molecular formula is C54H35N4O+. The summed E-state index contributed by atoms with van der Waals surface area (Å²) in [5, 5.41) is 9.49. The maximum atomic E-state index is 6.87. The number of benzene rings is 8. The van der Waals surface area contributed by atoms with E-state index in [-0.39, 0.29) is 0 Å². The lowest BCUT2D eigenvalue weighted by molar-refractivity contribution is -0.667. The third-order valence-corrected chi connectivity index (χ3v) is 12.5. The smallest absolute Gasteiger partial charge is 0.239 e. The van der Waals surface area contributed by atoms with Gasteiger partial charge in [-0.2, -0.15) is 4.57 Å². The van der Waals surface area contributed by atoms with E-state index in [9.17, 15) is 0 Å². The number of ether oxygens (including phenoxy) is 1.